The Labute approximate surface area is 189 Å². The molecule has 3 aromatic rings. The molecule has 1 fully saturated rings. The minimum absolute atomic E-state index is 0.00425. The molecule has 0 aliphatic heterocycles. The topological polar surface area (TPSA) is 71.4 Å². The fourth-order valence-corrected chi connectivity index (χ4v) is 3.99. The summed E-state index contributed by atoms with van der Waals surface area (Å²) >= 11 is 5.78. The molecule has 0 spiro atoms. The smallest absolute Gasteiger partial charge is 0.243 e. The van der Waals surface area contributed by atoms with Crippen LogP contribution in [0.3, 0.4) is 0 Å². The van der Waals surface area contributed by atoms with Gasteiger partial charge >= 0.3 is 0 Å². The van der Waals surface area contributed by atoms with Crippen LogP contribution in [0.2, 0.25) is 5.02 Å². The molecule has 4 rings (SSSR count). The number of nitrogens with zero attached hydrogens (tertiary/aromatic N) is 2. The van der Waals surface area contributed by atoms with E-state index in [2.05, 4.69) is 5.32 Å². The first kappa shape index (κ1) is 22.0. The van der Waals surface area contributed by atoms with Crippen LogP contribution in [0.5, 0.6) is 0 Å². The number of Topliss-reactive ketones (excluding diaryl/α,β-unsaturated/α-hetero) is 1. The van der Waals surface area contributed by atoms with Crippen molar-refractivity contribution in [2.24, 2.45) is 0 Å². The third-order valence-electron chi connectivity index (χ3n) is 5.60. The first-order chi connectivity index (χ1) is 15.3. The average Bonchev–Trinajstić information content (AvgIpc) is 3.54. The molecule has 0 unspecified atom stereocenters. The maximum Gasteiger partial charge on any atom is 0.243 e. The molecule has 0 bridgehead atoms. The van der Waals surface area contributed by atoms with Gasteiger partial charge in [0.15, 0.2) is 5.78 Å². The molecule has 0 radical (unpaired) electrons. The van der Waals surface area contributed by atoms with Crippen LogP contribution in [0.15, 0.2) is 48.7 Å². The Morgan fingerprint density at radius 2 is 1.91 bits per heavy atom. The van der Waals surface area contributed by atoms with Crippen molar-refractivity contribution in [1.29, 1.82) is 0 Å². The highest BCUT2D eigenvalue weighted by molar-refractivity contribution is 6.30. The first-order valence-electron chi connectivity index (χ1n) is 10.4. The molecule has 166 valence electrons. The van der Waals surface area contributed by atoms with Gasteiger partial charge in [-0.1, -0.05) is 41.9 Å². The van der Waals surface area contributed by atoms with Crippen LogP contribution in [0.1, 0.15) is 35.7 Å². The minimum atomic E-state index is -0.564. The number of aromatic nitrogens is 1. The lowest BCUT2D eigenvalue weighted by Gasteiger charge is -2.22. The summed E-state index contributed by atoms with van der Waals surface area (Å²) in [6, 6.07) is 12.1. The van der Waals surface area contributed by atoms with Gasteiger partial charge in [0.05, 0.1) is 11.6 Å². The number of halogens is 2. The summed E-state index contributed by atoms with van der Waals surface area (Å²) in [5.41, 5.74) is 1.64. The largest absolute Gasteiger partial charge is 0.350 e. The van der Waals surface area contributed by atoms with Crippen molar-refractivity contribution in [2.45, 2.75) is 38.9 Å². The summed E-state index contributed by atoms with van der Waals surface area (Å²) in [4.78, 5) is 39.1. The second kappa shape index (κ2) is 9.12. The fourth-order valence-electron chi connectivity index (χ4n) is 3.79. The molecule has 0 saturated heterocycles. The molecule has 0 atom stereocenters. The maximum atomic E-state index is 14.0. The number of fused-ring (bicyclic) bond motifs is 1. The maximum absolute atomic E-state index is 14.0. The zero-order valence-corrected chi connectivity index (χ0v) is 18.4. The highest BCUT2D eigenvalue weighted by atomic mass is 35.5. The minimum Gasteiger partial charge on any atom is -0.350 e. The van der Waals surface area contributed by atoms with Crippen molar-refractivity contribution >= 4 is 40.1 Å². The monoisotopic (exact) mass is 455 g/mol. The second-order valence-electron chi connectivity index (χ2n) is 7.99. The van der Waals surface area contributed by atoms with Crippen molar-refractivity contribution < 1.29 is 18.8 Å². The SMILES string of the molecule is CC(=O)c1cn(CC(=O)N(CC(=O)NCc2cccc(Cl)c2F)C2CC2)c2ccccc12. The Morgan fingerprint density at radius 3 is 2.62 bits per heavy atom. The average molecular weight is 456 g/mol. The number of amides is 2. The first-order valence-corrected chi connectivity index (χ1v) is 10.8. The van der Waals surface area contributed by atoms with Crippen LogP contribution >= 0.6 is 11.6 Å². The van der Waals surface area contributed by atoms with Gasteiger partial charge in [-0.2, -0.15) is 0 Å². The lowest BCUT2D eigenvalue weighted by Crippen LogP contribution is -2.43. The van der Waals surface area contributed by atoms with E-state index in [-0.39, 0.29) is 53.9 Å². The number of para-hydroxylation sites is 1. The number of nitrogens with one attached hydrogen (secondary N) is 1. The van der Waals surface area contributed by atoms with Gasteiger partial charge in [-0.3, -0.25) is 14.4 Å². The van der Waals surface area contributed by atoms with Crippen LogP contribution in [-0.4, -0.2) is 39.7 Å². The summed E-state index contributed by atoms with van der Waals surface area (Å²) in [6.07, 6.45) is 3.37. The number of benzene rings is 2. The molecule has 1 aliphatic rings. The predicted molar refractivity (Wildman–Crippen MR) is 120 cm³/mol. The third kappa shape index (κ3) is 4.67. The number of carbonyl (C=O) groups excluding carboxylic acids is 3. The number of rotatable bonds is 8. The summed E-state index contributed by atoms with van der Waals surface area (Å²) in [6.45, 7) is 1.41. The van der Waals surface area contributed by atoms with Gasteiger partial charge < -0.3 is 14.8 Å². The van der Waals surface area contributed by atoms with Crippen molar-refractivity contribution in [3.63, 3.8) is 0 Å². The Bertz CT molecular complexity index is 1200. The molecule has 1 aromatic heterocycles. The van der Waals surface area contributed by atoms with E-state index < -0.39 is 5.82 Å². The highest BCUT2D eigenvalue weighted by Gasteiger charge is 2.34. The molecule has 1 N–H and O–H groups in total. The summed E-state index contributed by atoms with van der Waals surface area (Å²) in [5.74, 6) is -1.21. The van der Waals surface area contributed by atoms with Crippen molar-refractivity contribution in [3.8, 4) is 0 Å². The van der Waals surface area contributed by atoms with Crippen molar-refractivity contribution in [1.82, 2.24) is 14.8 Å². The molecular weight excluding hydrogens is 433 g/mol. The Hall–Kier alpha value is -3.19. The van der Waals surface area contributed by atoms with Gasteiger partial charge in [-0.05, 0) is 31.9 Å². The van der Waals surface area contributed by atoms with Crippen LogP contribution in [0, 0.1) is 5.82 Å². The number of hydrogen-bond acceptors (Lipinski definition) is 3. The molecule has 6 nitrogen and oxygen atoms in total. The van der Waals surface area contributed by atoms with Crippen LogP contribution in [0.25, 0.3) is 10.9 Å². The molecule has 32 heavy (non-hydrogen) atoms. The van der Waals surface area contributed by atoms with Crippen LogP contribution in [-0.2, 0) is 22.7 Å². The van der Waals surface area contributed by atoms with Crippen LogP contribution in [0.4, 0.5) is 4.39 Å². The second-order valence-corrected chi connectivity index (χ2v) is 8.39. The number of hydrogen-bond donors (Lipinski definition) is 1. The molecule has 8 heteroatoms. The quantitative estimate of drug-likeness (QED) is 0.523. The normalized spacial score (nSPS) is 13.2. The van der Waals surface area contributed by atoms with Crippen molar-refractivity contribution in [2.75, 3.05) is 6.54 Å². The zero-order chi connectivity index (χ0) is 22.8. The van der Waals surface area contributed by atoms with E-state index in [1.807, 2.05) is 24.3 Å². The summed E-state index contributed by atoms with van der Waals surface area (Å²) in [7, 11) is 0. The molecule has 2 aromatic carbocycles. The van der Waals surface area contributed by atoms with E-state index in [0.29, 0.717) is 5.56 Å². The molecule has 1 heterocycles. The Kier molecular flexibility index (Phi) is 6.28. The molecular formula is C24H23ClFN3O3. The lowest BCUT2D eigenvalue weighted by molar-refractivity contribution is -0.137. The summed E-state index contributed by atoms with van der Waals surface area (Å²) in [5, 5.41) is 3.46. The molecule has 1 aliphatic carbocycles. The molecule has 2 amide bonds. The Morgan fingerprint density at radius 1 is 1.16 bits per heavy atom. The lowest BCUT2D eigenvalue weighted by atomic mass is 10.1. The van der Waals surface area contributed by atoms with E-state index in [0.717, 1.165) is 23.7 Å². The van der Waals surface area contributed by atoms with Gasteiger partial charge in [0.2, 0.25) is 11.8 Å². The summed E-state index contributed by atoms with van der Waals surface area (Å²) < 4.78 is 15.8. The number of carbonyl (C=O) groups is 3. The van der Waals surface area contributed by atoms with Crippen molar-refractivity contribution in [3.05, 3.63) is 70.6 Å². The zero-order valence-electron chi connectivity index (χ0n) is 17.6. The van der Waals surface area contributed by atoms with Gasteiger partial charge in [0.1, 0.15) is 12.4 Å². The standard InChI is InChI=1S/C24H23ClFN3O3/c1-15(30)19-12-28(21-8-3-2-6-18(19)21)14-23(32)29(17-9-10-17)13-22(31)27-11-16-5-4-7-20(25)24(16)26/h2-8,12,17H,9-11,13-14H2,1H3,(H,27,31). The van der Waals surface area contributed by atoms with E-state index in [9.17, 15) is 18.8 Å². The van der Waals surface area contributed by atoms with Gasteiger partial charge in [-0.25, -0.2) is 4.39 Å². The third-order valence-corrected chi connectivity index (χ3v) is 5.89. The highest BCUT2D eigenvalue weighted by Crippen LogP contribution is 2.28. The fraction of sp³-hybridized carbons (Fsp3) is 0.292. The predicted octanol–water partition coefficient (Wildman–Crippen LogP) is 3.94. The van der Waals surface area contributed by atoms with E-state index in [1.165, 1.54) is 13.0 Å². The van der Waals surface area contributed by atoms with E-state index in [4.69, 9.17) is 11.6 Å². The van der Waals surface area contributed by atoms with E-state index in [1.54, 1.807) is 27.8 Å². The van der Waals surface area contributed by atoms with Gasteiger partial charge in [-0.15, -0.1) is 0 Å². The molecule has 1 saturated carbocycles. The van der Waals surface area contributed by atoms with E-state index >= 15 is 0 Å². The van der Waals surface area contributed by atoms with Gasteiger partial charge in [0.25, 0.3) is 0 Å². The Balaban J connectivity index is 1.45. The van der Waals surface area contributed by atoms with Gasteiger partial charge in [0, 0.05) is 40.8 Å². The number of ketones is 1. The van der Waals surface area contributed by atoms with Crippen LogP contribution < -0.4 is 5.32 Å².